The molecule has 0 aliphatic carbocycles. The zero-order chi connectivity index (χ0) is 19.1. The van der Waals surface area contributed by atoms with Crippen LogP contribution >= 0.6 is 11.6 Å². The molecule has 140 valence electrons. The quantitative estimate of drug-likeness (QED) is 0.449. The van der Waals surface area contributed by atoms with Crippen molar-refractivity contribution in [3.05, 3.63) is 70.7 Å². The standard InChI is InChI=1S/C19H20ClN5O2/c20-16-8-6-14(7-9-16)19(27)21-12-17(26)24-22-10-15-11-23-25-18(15)13-4-2-1-3-5-13/h1-10,15,18,23,25H,11-12H2,(H,21,27)(H,24,26)/b22-10+. The van der Waals surface area contributed by atoms with E-state index in [1.165, 1.54) is 0 Å². The Bertz CT molecular complexity index is 811. The highest BCUT2D eigenvalue weighted by Gasteiger charge is 2.26. The van der Waals surface area contributed by atoms with E-state index < -0.39 is 5.91 Å². The van der Waals surface area contributed by atoms with Crippen molar-refractivity contribution in [1.82, 2.24) is 21.6 Å². The fraction of sp³-hybridized carbons (Fsp3) is 0.211. The zero-order valence-electron chi connectivity index (χ0n) is 14.5. The van der Waals surface area contributed by atoms with Gasteiger partial charge < -0.3 is 5.32 Å². The lowest BCUT2D eigenvalue weighted by atomic mass is 9.96. The van der Waals surface area contributed by atoms with Gasteiger partial charge in [0.1, 0.15) is 0 Å². The Morgan fingerprint density at radius 3 is 2.63 bits per heavy atom. The third-order valence-corrected chi connectivity index (χ3v) is 4.41. The van der Waals surface area contributed by atoms with Gasteiger partial charge >= 0.3 is 0 Å². The number of benzene rings is 2. The minimum atomic E-state index is -0.399. The van der Waals surface area contributed by atoms with Crippen molar-refractivity contribution >= 4 is 29.6 Å². The number of nitrogens with zero attached hydrogens (tertiary/aromatic N) is 1. The summed E-state index contributed by atoms with van der Waals surface area (Å²) in [7, 11) is 0. The van der Waals surface area contributed by atoms with Gasteiger partial charge in [0.15, 0.2) is 0 Å². The van der Waals surface area contributed by atoms with Crippen LogP contribution < -0.4 is 21.6 Å². The number of carbonyl (C=O) groups is 2. The SMILES string of the molecule is O=C(CNC(=O)c1ccc(Cl)cc1)N/N=C/C1CNNC1c1ccccc1. The van der Waals surface area contributed by atoms with Crippen LogP contribution in [0.5, 0.6) is 0 Å². The lowest BCUT2D eigenvalue weighted by Gasteiger charge is -2.14. The van der Waals surface area contributed by atoms with Gasteiger partial charge in [0.05, 0.1) is 12.6 Å². The van der Waals surface area contributed by atoms with Crippen LogP contribution in [0.25, 0.3) is 0 Å². The predicted octanol–water partition coefficient (Wildman–Crippen LogP) is 1.64. The molecule has 7 nitrogen and oxygen atoms in total. The third kappa shape index (κ3) is 5.37. The molecular weight excluding hydrogens is 366 g/mol. The van der Waals surface area contributed by atoms with Crippen molar-refractivity contribution in [3.63, 3.8) is 0 Å². The van der Waals surface area contributed by atoms with E-state index in [0.29, 0.717) is 17.1 Å². The van der Waals surface area contributed by atoms with Gasteiger partial charge in [0.25, 0.3) is 11.8 Å². The molecule has 3 rings (SSSR count). The van der Waals surface area contributed by atoms with Crippen LogP contribution in [0.4, 0.5) is 0 Å². The Kier molecular flexibility index (Phi) is 6.54. The molecular formula is C19H20ClN5O2. The summed E-state index contributed by atoms with van der Waals surface area (Å²) >= 11 is 5.78. The summed E-state index contributed by atoms with van der Waals surface area (Å²) in [4.78, 5) is 23.8. The monoisotopic (exact) mass is 385 g/mol. The molecule has 0 spiro atoms. The molecule has 4 N–H and O–H groups in total. The largest absolute Gasteiger partial charge is 0.343 e. The van der Waals surface area contributed by atoms with Crippen molar-refractivity contribution in [2.24, 2.45) is 11.0 Å². The van der Waals surface area contributed by atoms with Gasteiger partial charge in [0.2, 0.25) is 0 Å². The molecule has 1 saturated heterocycles. The number of carbonyl (C=O) groups excluding carboxylic acids is 2. The molecule has 2 aromatic carbocycles. The first-order chi connectivity index (χ1) is 13.1. The molecule has 8 heteroatoms. The minimum absolute atomic E-state index is 0.0801. The van der Waals surface area contributed by atoms with E-state index in [2.05, 4.69) is 26.7 Å². The summed E-state index contributed by atoms with van der Waals surface area (Å²) in [5.41, 5.74) is 10.3. The second kappa shape index (κ2) is 9.27. The fourth-order valence-corrected chi connectivity index (χ4v) is 2.88. The normalized spacial score (nSPS) is 19.1. The molecule has 1 aliphatic rings. The van der Waals surface area contributed by atoms with Gasteiger partial charge in [-0.15, -0.1) is 0 Å². The summed E-state index contributed by atoms with van der Waals surface area (Å²) in [5.74, 6) is -0.653. The second-order valence-corrected chi connectivity index (χ2v) is 6.52. The summed E-state index contributed by atoms with van der Waals surface area (Å²) in [6, 6.07) is 16.5. The Morgan fingerprint density at radius 1 is 1.15 bits per heavy atom. The Hall–Kier alpha value is -2.74. The zero-order valence-corrected chi connectivity index (χ0v) is 15.2. The lowest BCUT2D eigenvalue weighted by molar-refractivity contribution is -0.120. The molecule has 0 radical (unpaired) electrons. The van der Waals surface area contributed by atoms with Crippen molar-refractivity contribution in [2.45, 2.75) is 6.04 Å². The van der Waals surface area contributed by atoms with Crippen molar-refractivity contribution in [2.75, 3.05) is 13.1 Å². The maximum atomic E-state index is 12.0. The van der Waals surface area contributed by atoms with Crippen LogP contribution in [-0.4, -0.2) is 31.1 Å². The van der Waals surface area contributed by atoms with E-state index in [1.807, 2.05) is 30.3 Å². The van der Waals surface area contributed by atoms with Crippen molar-refractivity contribution in [3.8, 4) is 0 Å². The van der Waals surface area contributed by atoms with E-state index in [-0.39, 0.29) is 24.4 Å². The number of nitrogens with one attached hydrogen (secondary N) is 4. The number of rotatable bonds is 6. The summed E-state index contributed by atoms with van der Waals surface area (Å²) in [6.45, 7) is 0.536. The molecule has 1 fully saturated rings. The van der Waals surface area contributed by atoms with E-state index in [9.17, 15) is 9.59 Å². The molecule has 0 bridgehead atoms. The molecule has 2 unspecified atom stereocenters. The van der Waals surface area contributed by atoms with Crippen molar-refractivity contribution in [1.29, 1.82) is 0 Å². The number of hydrazone groups is 1. The van der Waals surface area contributed by atoms with Gasteiger partial charge in [-0.05, 0) is 29.8 Å². The van der Waals surface area contributed by atoms with Crippen molar-refractivity contribution < 1.29 is 9.59 Å². The van der Waals surface area contributed by atoms with Gasteiger partial charge in [-0.3, -0.25) is 15.0 Å². The summed E-state index contributed by atoms with van der Waals surface area (Å²) in [6.07, 6.45) is 1.70. The molecule has 1 aliphatic heterocycles. The molecule has 2 aromatic rings. The number of hydrogen-bond acceptors (Lipinski definition) is 5. The average molecular weight is 386 g/mol. The minimum Gasteiger partial charge on any atom is -0.343 e. The highest BCUT2D eigenvalue weighted by Crippen LogP contribution is 2.22. The molecule has 2 atom stereocenters. The van der Waals surface area contributed by atoms with Crippen LogP contribution in [0.2, 0.25) is 5.02 Å². The van der Waals surface area contributed by atoms with E-state index in [4.69, 9.17) is 11.6 Å². The van der Waals surface area contributed by atoms with E-state index in [0.717, 1.165) is 5.56 Å². The topological polar surface area (TPSA) is 94.6 Å². The number of hydrogen-bond donors (Lipinski definition) is 4. The molecule has 0 saturated carbocycles. The van der Waals surface area contributed by atoms with Gasteiger partial charge in [-0.2, -0.15) is 5.10 Å². The maximum Gasteiger partial charge on any atom is 0.259 e. The van der Waals surface area contributed by atoms with Crippen LogP contribution in [0.3, 0.4) is 0 Å². The third-order valence-electron chi connectivity index (χ3n) is 4.15. The highest BCUT2D eigenvalue weighted by molar-refractivity contribution is 6.30. The first-order valence-corrected chi connectivity index (χ1v) is 8.90. The first kappa shape index (κ1) is 19.0. The molecule has 27 heavy (non-hydrogen) atoms. The fourth-order valence-electron chi connectivity index (χ4n) is 2.75. The molecule has 2 amide bonds. The molecule has 1 heterocycles. The smallest absolute Gasteiger partial charge is 0.259 e. The van der Waals surface area contributed by atoms with Crippen LogP contribution in [0, 0.1) is 5.92 Å². The number of hydrazine groups is 1. The maximum absolute atomic E-state index is 12.0. The average Bonchev–Trinajstić information content (AvgIpc) is 3.16. The summed E-state index contributed by atoms with van der Waals surface area (Å²) in [5, 5.41) is 7.10. The van der Waals surface area contributed by atoms with Gasteiger partial charge in [-0.1, -0.05) is 41.9 Å². The first-order valence-electron chi connectivity index (χ1n) is 8.52. The van der Waals surface area contributed by atoms with E-state index in [1.54, 1.807) is 30.5 Å². The van der Waals surface area contributed by atoms with Crippen LogP contribution in [0.1, 0.15) is 22.0 Å². The van der Waals surface area contributed by atoms with Crippen LogP contribution in [0.15, 0.2) is 59.7 Å². The number of halogens is 1. The predicted molar refractivity (Wildman–Crippen MR) is 104 cm³/mol. The molecule has 0 aromatic heterocycles. The second-order valence-electron chi connectivity index (χ2n) is 6.08. The Balaban J connectivity index is 1.46. The highest BCUT2D eigenvalue weighted by atomic mass is 35.5. The summed E-state index contributed by atoms with van der Waals surface area (Å²) < 4.78 is 0. The van der Waals surface area contributed by atoms with E-state index >= 15 is 0 Å². The Morgan fingerprint density at radius 2 is 1.89 bits per heavy atom. The number of amides is 2. The van der Waals surface area contributed by atoms with Gasteiger partial charge in [-0.25, -0.2) is 10.9 Å². The van der Waals surface area contributed by atoms with Crippen LogP contribution in [-0.2, 0) is 4.79 Å². The lowest BCUT2D eigenvalue weighted by Crippen LogP contribution is -2.35. The Labute approximate surface area is 162 Å². The van der Waals surface area contributed by atoms with Gasteiger partial charge in [0, 0.05) is 29.3 Å².